The first-order chi connectivity index (χ1) is 20.6. The summed E-state index contributed by atoms with van der Waals surface area (Å²) >= 11 is 0. The molecule has 4 rings (SSSR count). The van der Waals surface area contributed by atoms with Gasteiger partial charge in [0, 0.05) is 5.92 Å². The Labute approximate surface area is 249 Å². The number of alkyl halides is 6. The number of hydrogen-bond acceptors (Lipinski definition) is 6. The molecule has 0 bridgehead atoms. The highest BCUT2D eigenvalue weighted by atomic mass is 19.4. The first kappa shape index (κ1) is 33.5. The molecular formula is C31H33F6NO6. The average molecular weight is 630 g/mol. The highest BCUT2D eigenvalue weighted by Crippen LogP contribution is 2.49. The second-order valence-electron chi connectivity index (χ2n) is 11.0. The average Bonchev–Trinajstić information content (AvgIpc) is 3.53. The molecule has 2 amide bonds. The zero-order chi connectivity index (χ0) is 32.6. The van der Waals surface area contributed by atoms with Gasteiger partial charge in [-0.25, -0.2) is 4.90 Å². The molecule has 2 aliphatic rings. The van der Waals surface area contributed by atoms with E-state index in [-0.39, 0.29) is 25.5 Å². The van der Waals surface area contributed by atoms with E-state index in [0.717, 1.165) is 5.57 Å². The highest BCUT2D eigenvalue weighted by molar-refractivity contribution is 6.22. The Bertz CT molecular complexity index is 1420. The van der Waals surface area contributed by atoms with Crippen molar-refractivity contribution < 1.29 is 55.7 Å². The Hall–Kier alpha value is -3.42. The van der Waals surface area contributed by atoms with Crippen molar-refractivity contribution in [3.63, 3.8) is 0 Å². The fourth-order valence-corrected chi connectivity index (χ4v) is 6.21. The molecule has 0 unspecified atom stereocenters. The third-order valence-corrected chi connectivity index (χ3v) is 8.37. The number of carbonyl (C=O) groups excluding carboxylic acids is 2. The molecule has 2 heterocycles. The van der Waals surface area contributed by atoms with Crippen LogP contribution in [0, 0.1) is 17.8 Å². The van der Waals surface area contributed by atoms with Crippen LogP contribution in [0.3, 0.4) is 0 Å². The van der Waals surface area contributed by atoms with Crippen LogP contribution in [-0.2, 0) is 28.5 Å². The zero-order valence-corrected chi connectivity index (χ0v) is 24.0. The minimum Gasteiger partial charge on any atom is -0.459 e. The molecule has 0 radical (unpaired) electrons. The number of nitrogens with zero attached hydrogens (tertiary/aromatic N) is 1. The van der Waals surface area contributed by atoms with E-state index in [0.29, 0.717) is 59.0 Å². The Balaban J connectivity index is 1.64. The molecule has 1 aromatic carbocycles. The van der Waals surface area contributed by atoms with E-state index in [1.165, 1.54) is 0 Å². The molecule has 1 fully saturated rings. The fraction of sp³-hybridized carbons (Fsp3) is 0.484. The van der Waals surface area contributed by atoms with Gasteiger partial charge in [-0.05, 0) is 74.1 Å². The molecule has 1 aliphatic heterocycles. The van der Waals surface area contributed by atoms with Crippen LogP contribution in [0.2, 0.25) is 0 Å². The number of imide groups is 1. The number of benzene rings is 1. The third kappa shape index (κ3) is 6.64. The number of furan rings is 1. The lowest BCUT2D eigenvalue weighted by atomic mass is 9.67. The predicted octanol–water partition coefficient (Wildman–Crippen LogP) is 6.27. The van der Waals surface area contributed by atoms with Crippen LogP contribution in [0.4, 0.5) is 32.0 Å². The zero-order valence-electron chi connectivity index (χ0n) is 24.0. The van der Waals surface area contributed by atoms with Gasteiger partial charge in [-0.2, -0.15) is 26.3 Å². The van der Waals surface area contributed by atoms with E-state index in [9.17, 15) is 51.3 Å². The Kier molecular flexibility index (Phi) is 9.81. The maximum absolute atomic E-state index is 13.6. The molecule has 13 heteroatoms. The highest BCUT2D eigenvalue weighted by Gasteiger charge is 2.55. The SMILES string of the molecule is CCC1=C([C@H](O)CC/C(=C/c2ccc(CO)o2)CC)[C@H](CO)[C@@H]2C(=O)N(c3cc(C(F)(F)F)cc(C(F)(F)F)c3)C(=O)[C@@H]2C1. The smallest absolute Gasteiger partial charge is 0.416 e. The summed E-state index contributed by atoms with van der Waals surface area (Å²) in [5.74, 6) is -4.56. The number of fused-ring (bicyclic) bond motifs is 1. The number of rotatable bonds is 10. The van der Waals surface area contributed by atoms with Crippen molar-refractivity contribution in [2.75, 3.05) is 11.5 Å². The van der Waals surface area contributed by atoms with Gasteiger partial charge in [0.1, 0.15) is 18.1 Å². The monoisotopic (exact) mass is 629 g/mol. The van der Waals surface area contributed by atoms with Crippen LogP contribution in [0.25, 0.3) is 6.08 Å². The quantitative estimate of drug-likeness (QED) is 0.162. The van der Waals surface area contributed by atoms with Crippen molar-refractivity contribution in [3.05, 3.63) is 69.7 Å². The topological polar surface area (TPSA) is 111 Å². The van der Waals surface area contributed by atoms with E-state index in [1.54, 1.807) is 25.1 Å². The van der Waals surface area contributed by atoms with Gasteiger partial charge in [0.2, 0.25) is 11.8 Å². The maximum atomic E-state index is 13.6. The number of allylic oxidation sites excluding steroid dienone is 2. The predicted molar refractivity (Wildman–Crippen MR) is 147 cm³/mol. The summed E-state index contributed by atoms with van der Waals surface area (Å²) in [7, 11) is 0. The molecule has 3 N–H and O–H groups in total. The molecule has 0 spiro atoms. The minimum absolute atomic E-state index is 0.0387. The van der Waals surface area contributed by atoms with Crippen LogP contribution >= 0.6 is 0 Å². The number of anilines is 1. The second-order valence-corrected chi connectivity index (χ2v) is 11.0. The Morgan fingerprint density at radius 1 is 1.02 bits per heavy atom. The van der Waals surface area contributed by atoms with Crippen molar-refractivity contribution in [1.29, 1.82) is 0 Å². The van der Waals surface area contributed by atoms with Gasteiger partial charge in [-0.3, -0.25) is 9.59 Å². The summed E-state index contributed by atoms with van der Waals surface area (Å²) in [6.07, 6.45) is -8.26. The van der Waals surface area contributed by atoms with E-state index < -0.39 is 71.4 Å². The summed E-state index contributed by atoms with van der Waals surface area (Å²) in [4.78, 5) is 27.5. The molecule has 1 aromatic heterocycles. The summed E-state index contributed by atoms with van der Waals surface area (Å²) in [6, 6.07) is 3.90. The molecule has 4 atom stereocenters. The first-order valence-corrected chi connectivity index (χ1v) is 14.2. The van der Waals surface area contributed by atoms with Crippen molar-refractivity contribution in [3.8, 4) is 0 Å². The van der Waals surface area contributed by atoms with Gasteiger partial charge in [0.15, 0.2) is 0 Å². The summed E-state index contributed by atoms with van der Waals surface area (Å²) in [5, 5.41) is 30.9. The molecule has 1 aliphatic carbocycles. The molecule has 44 heavy (non-hydrogen) atoms. The summed E-state index contributed by atoms with van der Waals surface area (Å²) in [6.45, 7) is 2.73. The lowest BCUT2D eigenvalue weighted by molar-refractivity contribution is -0.143. The normalized spacial score (nSPS) is 22.2. The lowest BCUT2D eigenvalue weighted by Gasteiger charge is -2.36. The van der Waals surface area contributed by atoms with Gasteiger partial charge in [-0.15, -0.1) is 0 Å². The fourth-order valence-electron chi connectivity index (χ4n) is 6.21. The van der Waals surface area contributed by atoms with Crippen molar-refractivity contribution in [1.82, 2.24) is 0 Å². The number of aliphatic hydroxyl groups excluding tert-OH is 3. The van der Waals surface area contributed by atoms with Gasteiger partial charge < -0.3 is 19.7 Å². The molecule has 0 saturated carbocycles. The largest absolute Gasteiger partial charge is 0.459 e. The van der Waals surface area contributed by atoms with Gasteiger partial charge in [0.25, 0.3) is 0 Å². The molecule has 1 saturated heterocycles. The van der Waals surface area contributed by atoms with Crippen LogP contribution in [0.1, 0.15) is 68.6 Å². The summed E-state index contributed by atoms with van der Waals surface area (Å²) in [5.41, 5.74) is -2.33. The maximum Gasteiger partial charge on any atom is 0.416 e. The number of amides is 2. The third-order valence-electron chi connectivity index (χ3n) is 8.37. The Morgan fingerprint density at radius 3 is 2.16 bits per heavy atom. The molecule has 2 aromatic rings. The van der Waals surface area contributed by atoms with Crippen LogP contribution < -0.4 is 4.90 Å². The second kappa shape index (κ2) is 12.9. The molecular weight excluding hydrogens is 596 g/mol. The van der Waals surface area contributed by atoms with Crippen molar-refractivity contribution in [2.24, 2.45) is 17.8 Å². The van der Waals surface area contributed by atoms with Crippen LogP contribution in [0.5, 0.6) is 0 Å². The van der Waals surface area contributed by atoms with Crippen molar-refractivity contribution in [2.45, 2.75) is 71.0 Å². The number of aliphatic hydroxyl groups is 3. The van der Waals surface area contributed by atoms with Crippen LogP contribution in [0.15, 0.2) is 51.5 Å². The minimum atomic E-state index is -5.18. The van der Waals surface area contributed by atoms with Gasteiger partial charge in [-0.1, -0.05) is 25.0 Å². The standard InChI is InChI=1S/C31H33F6NO6/c1-3-16(9-21-6-7-22(14-39)44-21)5-8-25(41)26-17(4-2)10-23-27(24(26)15-40)29(43)38(28(23)42)20-12-18(30(32,33)34)11-19(13-20)31(35,36)37/h6-7,9,11-13,23-25,27,39-41H,3-5,8,10,14-15H2,1-2H3/b16-9+/t23-,24+,25-,27-/m1/s1. The van der Waals surface area contributed by atoms with Gasteiger partial charge >= 0.3 is 12.4 Å². The summed E-state index contributed by atoms with van der Waals surface area (Å²) < 4.78 is 86.6. The van der Waals surface area contributed by atoms with E-state index in [2.05, 4.69) is 0 Å². The van der Waals surface area contributed by atoms with Crippen molar-refractivity contribution >= 4 is 23.6 Å². The van der Waals surface area contributed by atoms with E-state index in [1.807, 2.05) is 6.92 Å². The Morgan fingerprint density at radius 2 is 1.66 bits per heavy atom. The molecule has 7 nitrogen and oxygen atoms in total. The molecule has 240 valence electrons. The lowest BCUT2D eigenvalue weighted by Crippen LogP contribution is -2.39. The number of halogens is 6. The van der Waals surface area contributed by atoms with Crippen LogP contribution in [-0.4, -0.2) is 39.8 Å². The van der Waals surface area contributed by atoms with E-state index in [4.69, 9.17) is 4.42 Å². The van der Waals surface area contributed by atoms with E-state index >= 15 is 0 Å². The number of carbonyl (C=O) groups is 2. The first-order valence-electron chi connectivity index (χ1n) is 14.2. The number of hydrogen-bond donors (Lipinski definition) is 3. The van der Waals surface area contributed by atoms with Gasteiger partial charge in [0.05, 0.1) is 41.4 Å².